The smallest absolute Gasteiger partial charge is 0.195 e. The lowest BCUT2D eigenvalue weighted by Crippen LogP contribution is -2.43. The number of rotatable bonds is 3. The van der Waals surface area contributed by atoms with Crippen molar-refractivity contribution < 1.29 is 4.74 Å². The predicted molar refractivity (Wildman–Crippen MR) is 117 cm³/mol. The summed E-state index contributed by atoms with van der Waals surface area (Å²) in [6, 6.07) is 25.0. The number of benzene rings is 3. The number of hydrogen-bond donors (Lipinski definition) is 1. The number of halogens is 1. The molecule has 2 atom stereocenters. The molecule has 0 fully saturated rings. The molecule has 146 valence electrons. The van der Waals surface area contributed by atoms with Crippen LogP contribution in [0.25, 0.3) is 5.70 Å². The molecule has 0 aliphatic carbocycles. The molecule has 0 amide bonds. The molecule has 2 aliphatic heterocycles. The van der Waals surface area contributed by atoms with Crippen LogP contribution < -0.4 is 10.2 Å². The van der Waals surface area contributed by atoms with Crippen molar-refractivity contribution in [3.8, 4) is 5.75 Å². The molecule has 3 aromatic rings. The minimum absolute atomic E-state index is 0.0976. The van der Waals surface area contributed by atoms with E-state index in [9.17, 15) is 0 Å². The van der Waals surface area contributed by atoms with Crippen molar-refractivity contribution in [2.75, 3.05) is 0 Å². The lowest BCUT2D eigenvalue weighted by atomic mass is 9.99. The molecular weight excluding hydrogens is 380 g/mol. The average molecular weight is 403 g/mol. The SMILES string of the molecule is CC(C)c1ccc([C@H]2Oc3ccccc3[C@@H]3C=C(c4ccc(Cl)cc4)NN23)cc1. The number of ether oxygens (including phenoxy) is 1. The molecule has 0 saturated carbocycles. The molecule has 29 heavy (non-hydrogen) atoms. The summed E-state index contributed by atoms with van der Waals surface area (Å²) in [7, 11) is 0. The van der Waals surface area contributed by atoms with Gasteiger partial charge in [-0.3, -0.25) is 0 Å². The molecule has 0 aromatic heterocycles. The van der Waals surface area contributed by atoms with E-state index in [0.717, 1.165) is 27.6 Å². The zero-order chi connectivity index (χ0) is 20.0. The summed E-state index contributed by atoms with van der Waals surface area (Å²) < 4.78 is 6.44. The van der Waals surface area contributed by atoms with Crippen molar-refractivity contribution in [2.24, 2.45) is 0 Å². The van der Waals surface area contributed by atoms with Gasteiger partial charge in [-0.2, -0.15) is 5.01 Å². The van der Waals surface area contributed by atoms with Crippen molar-refractivity contribution in [1.29, 1.82) is 0 Å². The number of para-hydroxylation sites is 1. The number of hydrogen-bond acceptors (Lipinski definition) is 3. The highest BCUT2D eigenvalue weighted by atomic mass is 35.5. The molecule has 4 heteroatoms. The molecular formula is C25H23ClN2O. The Bertz CT molecular complexity index is 1060. The first-order chi connectivity index (χ1) is 14.1. The van der Waals surface area contributed by atoms with Gasteiger partial charge in [0.1, 0.15) is 5.75 Å². The average Bonchev–Trinajstić information content (AvgIpc) is 3.19. The van der Waals surface area contributed by atoms with Gasteiger partial charge in [0.05, 0.1) is 11.7 Å². The molecule has 3 aromatic carbocycles. The molecule has 2 aliphatic rings. The second-order valence-corrected chi connectivity index (χ2v) is 8.32. The highest BCUT2D eigenvalue weighted by Gasteiger charge is 2.39. The van der Waals surface area contributed by atoms with Crippen LogP contribution in [0.2, 0.25) is 5.02 Å². The fraction of sp³-hybridized carbons (Fsp3) is 0.200. The monoisotopic (exact) mass is 402 g/mol. The maximum Gasteiger partial charge on any atom is 0.195 e. The van der Waals surface area contributed by atoms with Crippen molar-refractivity contribution in [2.45, 2.75) is 32.0 Å². The van der Waals surface area contributed by atoms with Crippen LogP contribution in [0.5, 0.6) is 5.75 Å². The van der Waals surface area contributed by atoms with E-state index in [1.165, 1.54) is 11.1 Å². The molecule has 0 spiro atoms. The van der Waals surface area contributed by atoms with E-state index in [1.807, 2.05) is 30.3 Å². The van der Waals surface area contributed by atoms with Crippen LogP contribution >= 0.6 is 11.6 Å². The van der Waals surface area contributed by atoms with E-state index in [1.54, 1.807) is 0 Å². The maximum absolute atomic E-state index is 6.44. The first-order valence-corrected chi connectivity index (χ1v) is 10.4. The van der Waals surface area contributed by atoms with Crippen molar-refractivity contribution in [3.63, 3.8) is 0 Å². The predicted octanol–water partition coefficient (Wildman–Crippen LogP) is 6.46. The zero-order valence-corrected chi connectivity index (χ0v) is 17.2. The third kappa shape index (κ3) is 3.31. The fourth-order valence-corrected chi connectivity index (χ4v) is 4.13. The van der Waals surface area contributed by atoms with Crippen LogP contribution in [-0.2, 0) is 0 Å². The van der Waals surface area contributed by atoms with Gasteiger partial charge in [-0.1, -0.05) is 80.0 Å². The van der Waals surface area contributed by atoms with Crippen molar-refractivity contribution >= 4 is 17.3 Å². The fourth-order valence-electron chi connectivity index (χ4n) is 4.00. The van der Waals surface area contributed by atoms with E-state index < -0.39 is 0 Å². The van der Waals surface area contributed by atoms with E-state index in [-0.39, 0.29) is 12.3 Å². The third-order valence-electron chi connectivity index (χ3n) is 5.65. The van der Waals surface area contributed by atoms with Crippen LogP contribution in [0, 0.1) is 0 Å². The minimum Gasteiger partial charge on any atom is -0.469 e. The van der Waals surface area contributed by atoms with Gasteiger partial charge in [-0.05, 0) is 41.3 Å². The van der Waals surface area contributed by atoms with Crippen LogP contribution in [0.4, 0.5) is 0 Å². The van der Waals surface area contributed by atoms with Gasteiger partial charge in [-0.15, -0.1) is 0 Å². The normalized spacial score (nSPS) is 20.5. The van der Waals surface area contributed by atoms with Gasteiger partial charge in [0.25, 0.3) is 0 Å². The summed E-state index contributed by atoms with van der Waals surface area (Å²) >= 11 is 6.08. The Balaban J connectivity index is 1.53. The van der Waals surface area contributed by atoms with Crippen molar-refractivity contribution in [1.82, 2.24) is 10.4 Å². The molecule has 0 unspecified atom stereocenters. The van der Waals surface area contributed by atoms with E-state index in [2.05, 4.69) is 72.8 Å². The van der Waals surface area contributed by atoms with Gasteiger partial charge in [-0.25, -0.2) is 0 Å². The highest BCUT2D eigenvalue weighted by Crippen LogP contribution is 2.45. The molecule has 0 radical (unpaired) electrons. The third-order valence-corrected chi connectivity index (χ3v) is 5.90. The Morgan fingerprint density at radius 2 is 1.66 bits per heavy atom. The Hall–Kier alpha value is -2.75. The largest absolute Gasteiger partial charge is 0.469 e. The van der Waals surface area contributed by atoms with Gasteiger partial charge < -0.3 is 10.2 Å². The lowest BCUT2D eigenvalue weighted by molar-refractivity contribution is -0.0326. The molecule has 3 nitrogen and oxygen atoms in total. The van der Waals surface area contributed by atoms with Crippen molar-refractivity contribution in [3.05, 3.63) is 106 Å². The summed E-state index contributed by atoms with van der Waals surface area (Å²) in [5.74, 6) is 1.44. The molecule has 5 rings (SSSR count). The van der Waals surface area contributed by atoms with Gasteiger partial charge in [0.2, 0.25) is 0 Å². The minimum atomic E-state index is -0.211. The maximum atomic E-state index is 6.44. The first kappa shape index (κ1) is 18.3. The second-order valence-electron chi connectivity index (χ2n) is 7.88. The first-order valence-electron chi connectivity index (χ1n) is 9.98. The van der Waals surface area contributed by atoms with Gasteiger partial charge in [0.15, 0.2) is 6.23 Å². The van der Waals surface area contributed by atoms with E-state index in [0.29, 0.717) is 5.92 Å². The number of fused-ring (bicyclic) bond motifs is 3. The topological polar surface area (TPSA) is 24.5 Å². The summed E-state index contributed by atoms with van der Waals surface area (Å²) in [6.07, 6.45) is 2.05. The number of nitrogens with one attached hydrogen (secondary N) is 1. The summed E-state index contributed by atoms with van der Waals surface area (Å²) in [4.78, 5) is 0. The Kier molecular flexibility index (Phi) is 4.57. The van der Waals surface area contributed by atoms with Gasteiger partial charge in [0, 0.05) is 16.1 Å². The molecule has 1 N–H and O–H groups in total. The molecule has 2 heterocycles. The van der Waals surface area contributed by atoms with Crippen LogP contribution in [0.1, 0.15) is 54.3 Å². The molecule has 0 saturated heterocycles. The second kappa shape index (κ2) is 7.25. The number of nitrogens with zero attached hydrogens (tertiary/aromatic N) is 1. The standard InChI is InChI=1S/C25H23ClN2O/c1-16(2)17-7-9-19(10-8-17)25-28-23(21-5-3-4-6-24(21)29-25)15-22(27-28)18-11-13-20(26)14-12-18/h3-16,23,25,27H,1-2H3/t23-,25+/m0/s1. The Labute approximate surface area is 176 Å². The zero-order valence-electron chi connectivity index (χ0n) is 16.5. The Morgan fingerprint density at radius 3 is 2.38 bits per heavy atom. The molecule has 0 bridgehead atoms. The summed E-state index contributed by atoms with van der Waals surface area (Å²) in [5, 5.41) is 2.93. The quantitative estimate of drug-likeness (QED) is 0.544. The van der Waals surface area contributed by atoms with Crippen LogP contribution in [-0.4, -0.2) is 5.01 Å². The lowest BCUT2D eigenvalue weighted by Gasteiger charge is -2.39. The Morgan fingerprint density at radius 1 is 0.931 bits per heavy atom. The van der Waals surface area contributed by atoms with Crippen LogP contribution in [0.3, 0.4) is 0 Å². The van der Waals surface area contributed by atoms with Gasteiger partial charge >= 0.3 is 0 Å². The summed E-state index contributed by atoms with van der Waals surface area (Å²) in [6.45, 7) is 4.42. The highest BCUT2D eigenvalue weighted by molar-refractivity contribution is 6.30. The van der Waals surface area contributed by atoms with E-state index in [4.69, 9.17) is 16.3 Å². The summed E-state index contributed by atoms with van der Waals surface area (Å²) in [5.41, 5.74) is 9.38. The van der Waals surface area contributed by atoms with Crippen LogP contribution in [0.15, 0.2) is 78.9 Å². The van der Waals surface area contributed by atoms with E-state index >= 15 is 0 Å². The number of hydrazine groups is 1.